The van der Waals surface area contributed by atoms with Crippen LogP contribution in [0, 0.1) is 0 Å². The fourth-order valence-electron chi connectivity index (χ4n) is 3.86. The van der Waals surface area contributed by atoms with E-state index in [1.807, 2.05) is 29.2 Å². The van der Waals surface area contributed by atoms with Crippen LogP contribution in [-0.2, 0) is 17.9 Å². The van der Waals surface area contributed by atoms with Gasteiger partial charge in [-0.2, -0.15) is 0 Å². The monoisotopic (exact) mass is 347 g/mol. The Morgan fingerprint density at radius 3 is 2.65 bits per heavy atom. The van der Waals surface area contributed by atoms with E-state index in [1.165, 1.54) is 11.1 Å². The highest BCUT2D eigenvalue weighted by Gasteiger charge is 2.33. The fraction of sp³-hybridized carbons (Fsp3) is 0.364. The molecule has 1 saturated heterocycles. The SMILES string of the molecule is CCCCn1c([C@H]2CC(=O)N(Cc3ccccc3)C2)nc2ccccc21. The van der Waals surface area contributed by atoms with E-state index in [2.05, 4.69) is 41.8 Å². The second-order valence-electron chi connectivity index (χ2n) is 7.12. The van der Waals surface area contributed by atoms with Crippen molar-refractivity contribution in [2.75, 3.05) is 6.54 Å². The predicted molar refractivity (Wildman–Crippen MR) is 104 cm³/mol. The van der Waals surface area contributed by atoms with Crippen molar-refractivity contribution >= 4 is 16.9 Å². The second kappa shape index (κ2) is 7.32. The van der Waals surface area contributed by atoms with Crippen molar-refractivity contribution in [2.45, 2.75) is 45.2 Å². The van der Waals surface area contributed by atoms with Gasteiger partial charge in [-0.3, -0.25) is 4.79 Å². The van der Waals surface area contributed by atoms with E-state index in [0.717, 1.165) is 37.3 Å². The van der Waals surface area contributed by atoms with E-state index in [-0.39, 0.29) is 11.8 Å². The van der Waals surface area contributed by atoms with Gasteiger partial charge in [0.2, 0.25) is 5.91 Å². The lowest BCUT2D eigenvalue weighted by Gasteiger charge is -2.17. The third kappa shape index (κ3) is 3.24. The van der Waals surface area contributed by atoms with Crippen LogP contribution in [0.5, 0.6) is 0 Å². The Balaban J connectivity index is 1.60. The molecular weight excluding hydrogens is 322 g/mol. The molecule has 26 heavy (non-hydrogen) atoms. The molecule has 1 aromatic heterocycles. The highest BCUT2D eigenvalue weighted by Crippen LogP contribution is 2.31. The minimum absolute atomic E-state index is 0.176. The van der Waals surface area contributed by atoms with Gasteiger partial charge in [0.25, 0.3) is 0 Å². The van der Waals surface area contributed by atoms with Gasteiger partial charge in [0.15, 0.2) is 0 Å². The largest absolute Gasteiger partial charge is 0.338 e. The van der Waals surface area contributed by atoms with Crippen LogP contribution in [0.3, 0.4) is 0 Å². The molecule has 0 aliphatic carbocycles. The molecule has 0 saturated carbocycles. The summed E-state index contributed by atoms with van der Waals surface area (Å²) in [5.74, 6) is 1.48. The smallest absolute Gasteiger partial charge is 0.223 e. The standard InChI is InChI=1S/C22H25N3O/c1-2-3-13-25-20-12-8-7-11-19(20)23-22(25)18-14-21(26)24(16-18)15-17-9-5-4-6-10-17/h4-12,18H,2-3,13-16H2,1H3/t18-/m0/s1. The summed E-state index contributed by atoms with van der Waals surface area (Å²) in [5, 5.41) is 0. The van der Waals surface area contributed by atoms with Gasteiger partial charge in [0.05, 0.1) is 11.0 Å². The Labute approximate surface area is 154 Å². The molecule has 4 rings (SSSR count). The quantitative estimate of drug-likeness (QED) is 0.665. The molecule has 4 heteroatoms. The minimum atomic E-state index is 0.176. The number of unbranched alkanes of at least 4 members (excludes halogenated alkanes) is 1. The molecule has 1 fully saturated rings. The van der Waals surface area contributed by atoms with E-state index in [1.54, 1.807) is 0 Å². The minimum Gasteiger partial charge on any atom is -0.338 e. The Morgan fingerprint density at radius 2 is 1.85 bits per heavy atom. The topological polar surface area (TPSA) is 38.1 Å². The molecule has 0 radical (unpaired) electrons. The number of likely N-dealkylation sites (tertiary alicyclic amines) is 1. The number of benzene rings is 2. The number of nitrogens with zero attached hydrogens (tertiary/aromatic N) is 3. The average molecular weight is 347 g/mol. The maximum absolute atomic E-state index is 12.6. The molecule has 1 aliphatic rings. The van der Waals surface area contributed by atoms with Gasteiger partial charge >= 0.3 is 0 Å². The maximum atomic E-state index is 12.6. The first-order chi connectivity index (χ1) is 12.8. The predicted octanol–water partition coefficient (Wildman–Crippen LogP) is 4.35. The normalized spacial score (nSPS) is 17.3. The summed E-state index contributed by atoms with van der Waals surface area (Å²) in [6, 6.07) is 18.5. The summed E-state index contributed by atoms with van der Waals surface area (Å²) in [6.45, 7) is 4.61. The van der Waals surface area contributed by atoms with E-state index >= 15 is 0 Å². The van der Waals surface area contributed by atoms with E-state index in [0.29, 0.717) is 13.0 Å². The highest BCUT2D eigenvalue weighted by molar-refractivity contribution is 5.81. The first kappa shape index (κ1) is 16.8. The Kier molecular flexibility index (Phi) is 4.74. The number of hydrogen-bond donors (Lipinski definition) is 0. The van der Waals surface area contributed by atoms with Crippen LogP contribution in [-0.4, -0.2) is 26.9 Å². The number of carbonyl (C=O) groups excluding carboxylic acids is 1. The zero-order valence-electron chi connectivity index (χ0n) is 15.3. The van der Waals surface area contributed by atoms with Gasteiger partial charge in [-0.1, -0.05) is 55.8 Å². The van der Waals surface area contributed by atoms with Crippen molar-refractivity contribution in [1.29, 1.82) is 0 Å². The first-order valence-corrected chi connectivity index (χ1v) is 9.53. The van der Waals surface area contributed by atoms with Crippen LogP contribution >= 0.6 is 0 Å². The molecule has 2 heterocycles. The summed E-state index contributed by atoms with van der Waals surface area (Å²) < 4.78 is 2.34. The van der Waals surface area contributed by atoms with Crippen LogP contribution in [0.15, 0.2) is 54.6 Å². The molecule has 2 aromatic carbocycles. The number of hydrogen-bond acceptors (Lipinski definition) is 2. The molecule has 3 aromatic rings. The summed E-state index contributed by atoms with van der Waals surface area (Å²) in [4.78, 5) is 19.5. The summed E-state index contributed by atoms with van der Waals surface area (Å²) in [6.07, 6.45) is 2.83. The van der Waals surface area contributed by atoms with Gasteiger partial charge in [0.1, 0.15) is 5.82 Å². The zero-order valence-corrected chi connectivity index (χ0v) is 15.3. The lowest BCUT2D eigenvalue weighted by atomic mass is 10.1. The third-order valence-corrected chi connectivity index (χ3v) is 5.22. The molecule has 0 N–H and O–H groups in total. The van der Waals surface area contributed by atoms with Crippen molar-refractivity contribution in [1.82, 2.24) is 14.5 Å². The summed E-state index contributed by atoms with van der Waals surface area (Å²) >= 11 is 0. The number of aryl methyl sites for hydroxylation is 1. The molecule has 0 bridgehead atoms. The molecule has 4 nitrogen and oxygen atoms in total. The molecule has 1 aliphatic heterocycles. The van der Waals surface area contributed by atoms with Crippen molar-refractivity contribution in [3.8, 4) is 0 Å². The summed E-state index contributed by atoms with van der Waals surface area (Å²) in [5.41, 5.74) is 3.40. The van der Waals surface area contributed by atoms with E-state index < -0.39 is 0 Å². The number of imidazole rings is 1. The Bertz CT molecular complexity index is 900. The van der Waals surface area contributed by atoms with Crippen LogP contribution in [0.1, 0.15) is 43.5 Å². The van der Waals surface area contributed by atoms with Gasteiger partial charge in [-0.15, -0.1) is 0 Å². The molecule has 0 unspecified atom stereocenters. The zero-order chi connectivity index (χ0) is 17.9. The van der Waals surface area contributed by atoms with Gasteiger partial charge in [0, 0.05) is 32.0 Å². The van der Waals surface area contributed by atoms with Crippen LogP contribution in [0.2, 0.25) is 0 Å². The fourth-order valence-corrected chi connectivity index (χ4v) is 3.86. The van der Waals surface area contributed by atoms with Crippen LogP contribution in [0.4, 0.5) is 0 Å². The molecule has 1 atom stereocenters. The Morgan fingerprint density at radius 1 is 1.08 bits per heavy atom. The maximum Gasteiger partial charge on any atom is 0.223 e. The van der Waals surface area contributed by atoms with Crippen molar-refractivity contribution in [3.63, 3.8) is 0 Å². The van der Waals surface area contributed by atoms with Crippen molar-refractivity contribution < 1.29 is 4.79 Å². The molecule has 134 valence electrons. The number of rotatable bonds is 6. The van der Waals surface area contributed by atoms with E-state index in [4.69, 9.17) is 4.98 Å². The number of aromatic nitrogens is 2. The molecular formula is C22H25N3O. The average Bonchev–Trinajstić information content (AvgIpc) is 3.21. The van der Waals surface area contributed by atoms with Crippen LogP contribution < -0.4 is 0 Å². The van der Waals surface area contributed by atoms with Gasteiger partial charge in [-0.25, -0.2) is 4.98 Å². The lowest BCUT2D eigenvalue weighted by Crippen LogP contribution is -2.24. The number of amides is 1. The van der Waals surface area contributed by atoms with E-state index in [9.17, 15) is 4.79 Å². The number of para-hydroxylation sites is 2. The second-order valence-corrected chi connectivity index (χ2v) is 7.12. The van der Waals surface area contributed by atoms with Crippen molar-refractivity contribution in [2.24, 2.45) is 0 Å². The Hall–Kier alpha value is -2.62. The first-order valence-electron chi connectivity index (χ1n) is 9.53. The van der Waals surface area contributed by atoms with Crippen LogP contribution in [0.25, 0.3) is 11.0 Å². The van der Waals surface area contributed by atoms with Crippen molar-refractivity contribution in [3.05, 3.63) is 66.0 Å². The third-order valence-electron chi connectivity index (χ3n) is 5.22. The molecule has 1 amide bonds. The number of carbonyl (C=O) groups is 1. The van der Waals surface area contributed by atoms with Gasteiger partial charge in [-0.05, 0) is 24.1 Å². The molecule has 0 spiro atoms. The van der Waals surface area contributed by atoms with Gasteiger partial charge < -0.3 is 9.47 Å². The number of fused-ring (bicyclic) bond motifs is 1. The lowest BCUT2D eigenvalue weighted by molar-refractivity contribution is -0.128. The highest BCUT2D eigenvalue weighted by atomic mass is 16.2. The summed E-state index contributed by atoms with van der Waals surface area (Å²) in [7, 11) is 0.